The zero-order valence-electron chi connectivity index (χ0n) is 27.4. The van der Waals surface area contributed by atoms with Gasteiger partial charge in [-0.3, -0.25) is 19.7 Å². The van der Waals surface area contributed by atoms with E-state index in [4.69, 9.17) is 14.5 Å². The molecule has 1 amide bonds. The molecule has 2 aliphatic rings. The summed E-state index contributed by atoms with van der Waals surface area (Å²) in [6, 6.07) is 6.54. The van der Waals surface area contributed by atoms with Gasteiger partial charge in [-0.05, 0) is 48.7 Å². The Balaban J connectivity index is 1.26. The number of piperazine rings is 1. The second-order valence-corrected chi connectivity index (χ2v) is 12.1. The van der Waals surface area contributed by atoms with Crippen molar-refractivity contribution in [1.29, 1.82) is 0 Å². The molecule has 1 atom stereocenters. The predicted octanol–water partition coefficient (Wildman–Crippen LogP) is 5.35. The smallest absolute Gasteiger partial charge is 0.418 e. The number of hydrogen-bond donors (Lipinski definition) is 1. The first-order chi connectivity index (χ1) is 22.7. The van der Waals surface area contributed by atoms with Gasteiger partial charge in [0, 0.05) is 90.5 Å². The van der Waals surface area contributed by atoms with E-state index in [2.05, 4.69) is 27.1 Å². The van der Waals surface area contributed by atoms with Crippen molar-refractivity contribution >= 4 is 11.7 Å². The fourth-order valence-corrected chi connectivity index (χ4v) is 6.09. The van der Waals surface area contributed by atoms with E-state index in [1.165, 1.54) is 6.20 Å². The lowest BCUT2D eigenvalue weighted by atomic mass is 9.92. The van der Waals surface area contributed by atoms with Crippen LogP contribution in [-0.4, -0.2) is 95.1 Å². The number of carbonyl (C=O) groups is 1. The highest BCUT2D eigenvalue weighted by molar-refractivity contribution is 5.79. The molecule has 1 unspecified atom stereocenters. The lowest BCUT2D eigenvalue weighted by Crippen LogP contribution is -2.45. The SMILES string of the molecule is CCC1CN(C(=O)Cc2cnc(CN3CCN(CC)CC3)c(C(F)(F)F)c2)Cc2cc(Oc3ccnc(NCCCOC)c3)cnc21. The molecule has 0 aromatic carbocycles. The molecule has 10 nitrogen and oxygen atoms in total. The van der Waals surface area contributed by atoms with Crippen LogP contribution in [0.15, 0.2) is 42.9 Å². The topological polar surface area (TPSA) is 96.0 Å². The number of halogens is 3. The Morgan fingerprint density at radius 2 is 1.81 bits per heavy atom. The van der Waals surface area contributed by atoms with Gasteiger partial charge in [-0.15, -0.1) is 0 Å². The van der Waals surface area contributed by atoms with Crippen molar-refractivity contribution in [1.82, 2.24) is 29.7 Å². The average Bonchev–Trinajstić information content (AvgIpc) is 3.06. The molecular formula is C34H44F3N7O3. The van der Waals surface area contributed by atoms with E-state index in [-0.39, 0.29) is 36.0 Å². The van der Waals surface area contributed by atoms with Crippen LogP contribution in [0.4, 0.5) is 19.0 Å². The monoisotopic (exact) mass is 655 g/mol. The van der Waals surface area contributed by atoms with E-state index in [1.54, 1.807) is 36.5 Å². The molecule has 0 saturated carbocycles. The number of fused-ring (bicyclic) bond motifs is 1. The molecule has 1 fully saturated rings. The van der Waals surface area contributed by atoms with E-state index < -0.39 is 11.7 Å². The second kappa shape index (κ2) is 15.9. The molecule has 0 radical (unpaired) electrons. The minimum atomic E-state index is -4.57. The summed E-state index contributed by atoms with van der Waals surface area (Å²) in [5.41, 5.74) is 1.24. The van der Waals surface area contributed by atoms with Gasteiger partial charge in [0.25, 0.3) is 0 Å². The Morgan fingerprint density at radius 1 is 1.02 bits per heavy atom. The molecule has 5 rings (SSSR count). The standard InChI is InChI=1S/C34H44F3N7O3/c1-4-25-21-44(22-26-17-28(20-41-33(25)26)47-27-7-9-39-31(18-27)38-8-6-14-46-3)32(45)16-24-15-29(34(35,36)37)30(40-19-24)23-43-12-10-42(5-2)11-13-43/h7,9,15,17-20,25H,4-6,8,10-14,16,21-23H2,1-3H3,(H,38,39). The Morgan fingerprint density at radius 3 is 2.53 bits per heavy atom. The normalized spacial score (nSPS) is 17.4. The van der Waals surface area contributed by atoms with Crippen LogP contribution in [0.1, 0.15) is 60.7 Å². The Hall–Kier alpha value is -3.81. The van der Waals surface area contributed by atoms with Crippen molar-refractivity contribution < 1.29 is 27.4 Å². The molecule has 0 bridgehead atoms. The van der Waals surface area contributed by atoms with Crippen LogP contribution in [0.2, 0.25) is 0 Å². The minimum Gasteiger partial charge on any atom is -0.456 e. The van der Waals surface area contributed by atoms with Gasteiger partial charge in [-0.1, -0.05) is 13.8 Å². The number of ether oxygens (including phenoxy) is 2. The number of likely N-dealkylation sites (N-methyl/N-ethyl adjacent to an activating group) is 1. The number of aromatic nitrogens is 3. The molecule has 5 heterocycles. The number of amides is 1. The molecule has 3 aromatic rings. The first-order valence-electron chi connectivity index (χ1n) is 16.3. The van der Waals surface area contributed by atoms with Crippen LogP contribution < -0.4 is 10.1 Å². The fraction of sp³-hybridized carbons (Fsp3) is 0.529. The lowest BCUT2D eigenvalue weighted by Gasteiger charge is -2.34. The van der Waals surface area contributed by atoms with E-state index in [1.807, 2.05) is 17.9 Å². The third-order valence-electron chi connectivity index (χ3n) is 8.78. The average molecular weight is 656 g/mol. The van der Waals surface area contributed by atoms with Crippen LogP contribution in [0, 0.1) is 0 Å². The quantitative estimate of drug-likeness (QED) is 0.245. The van der Waals surface area contributed by atoms with Crippen LogP contribution in [-0.2, 0) is 35.2 Å². The summed E-state index contributed by atoms with van der Waals surface area (Å²) in [5.74, 6) is 1.54. The maximum atomic E-state index is 14.2. The van der Waals surface area contributed by atoms with Crippen molar-refractivity contribution in [3.8, 4) is 11.5 Å². The van der Waals surface area contributed by atoms with Gasteiger partial charge in [0.1, 0.15) is 17.3 Å². The van der Waals surface area contributed by atoms with Crippen molar-refractivity contribution in [3.05, 3.63) is 70.9 Å². The van der Waals surface area contributed by atoms with Crippen molar-refractivity contribution in [2.75, 3.05) is 64.8 Å². The molecule has 13 heteroatoms. The lowest BCUT2D eigenvalue weighted by molar-refractivity contribution is -0.139. The first-order valence-corrected chi connectivity index (χ1v) is 16.3. The highest BCUT2D eigenvalue weighted by Crippen LogP contribution is 2.35. The Kier molecular flexibility index (Phi) is 11.6. The summed E-state index contributed by atoms with van der Waals surface area (Å²) in [5, 5.41) is 3.24. The molecule has 0 spiro atoms. The molecule has 254 valence electrons. The van der Waals surface area contributed by atoms with Gasteiger partial charge in [0.15, 0.2) is 0 Å². The van der Waals surface area contributed by atoms with E-state index in [9.17, 15) is 18.0 Å². The summed E-state index contributed by atoms with van der Waals surface area (Å²) >= 11 is 0. The van der Waals surface area contributed by atoms with Gasteiger partial charge in [0.2, 0.25) is 5.91 Å². The fourth-order valence-electron chi connectivity index (χ4n) is 6.09. The highest BCUT2D eigenvalue weighted by Gasteiger charge is 2.36. The van der Waals surface area contributed by atoms with Gasteiger partial charge in [-0.2, -0.15) is 13.2 Å². The van der Waals surface area contributed by atoms with E-state index in [0.29, 0.717) is 56.6 Å². The number of rotatable bonds is 13. The molecule has 3 aromatic heterocycles. The number of nitrogens with zero attached hydrogens (tertiary/aromatic N) is 6. The zero-order valence-corrected chi connectivity index (χ0v) is 27.4. The Bertz CT molecular complexity index is 1500. The summed E-state index contributed by atoms with van der Waals surface area (Å²) < 4.78 is 53.7. The molecule has 0 aliphatic carbocycles. The third-order valence-corrected chi connectivity index (χ3v) is 8.78. The second-order valence-electron chi connectivity index (χ2n) is 12.1. The first kappa shape index (κ1) is 34.5. The maximum Gasteiger partial charge on any atom is 0.418 e. The number of hydrogen-bond acceptors (Lipinski definition) is 9. The van der Waals surface area contributed by atoms with Crippen molar-refractivity contribution in [2.45, 2.75) is 58.3 Å². The summed E-state index contributed by atoms with van der Waals surface area (Å²) in [7, 11) is 1.66. The molecular weight excluding hydrogens is 611 g/mol. The highest BCUT2D eigenvalue weighted by atomic mass is 19.4. The molecule has 2 aliphatic heterocycles. The van der Waals surface area contributed by atoms with Crippen LogP contribution >= 0.6 is 0 Å². The van der Waals surface area contributed by atoms with E-state index >= 15 is 0 Å². The van der Waals surface area contributed by atoms with Gasteiger partial charge in [0.05, 0.1) is 29.6 Å². The Labute approximate surface area is 274 Å². The molecule has 1 N–H and O–H groups in total. The molecule has 1 saturated heterocycles. The number of methoxy groups -OCH3 is 1. The van der Waals surface area contributed by atoms with Crippen LogP contribution in [0.3, 0.4) is 0 Å². The van der Waals surface area contributed by atoms with Gasteiger partial charge in [-0.25, -0.2) is 4.98 Å². The number of alkyl halides is 3. The number of anilines is 1. The predicted molar refractivity (Wildman–Crippen MR) is 172 cm³/mol. The summed E-state index contributed by atoms with van der Waals surface area (Å²) in [6.45, 7) is 10.3. The maximum absolute atomic E-state index is 14.2. The summed E-state index contributed by atoms with van der Waals surface area (Å²) in [4.78, 5) is 32.8. The van der Waals surface area contributed by atoms with Crippen molar-refractivity contribution in [2.24, 2.45) is 0 Å². The van der Waals surface area contributed by atoms with Crippen LogP contribution in [0.5, 0.6) is 11.5 Å². The third kappa shape index (κ3) is 9.17. The number of pyridine rings is 3. The number of nitrogens with one attached hydrogen (secondary N) is 1. The van der Waals surface area contributed by atoms with Gasteiger partial charge < -0.3 is 24.6 Å². The van der Waals surface area contributed by atoms with Crippen LogP contribution in [0.25, 0.3) is 0 Å². The zero-order chi connectivity index (χ0) is 33.4. The van der Waals surface area contributed by atoms with Gasteiger partial charge >= 0.3 is 6.18 Å². The minimum absolute atomic E-state index is 0.00000869. The number of carbonyl (C=O) groups excluding carboxylic acids is 1. The van der Waals surface area contributed by atoms with Crippen molar-refractivity contribution in [3.63, 3.8) is 0 Å². The summed E-state index contributed by atoms with van der Waals surface area (Å²) in [6.07, 6.45) is 1.62. The van der Waals surface area contributed by atoms with E-state index in [0.717, 1.165) is 49.8 Å². The largest absolute Gasteiger partial charge is 0.456 e. The molecule has 47 heavy (non-hydrogen) atoms.